The minimum Gasteiger partial charge on any atom is -0.494 e. The van der Waals surface area contributed by atoms with Gasteiger partial charge in [0.05, 0.1) is 30.4 Å². The van der Waals surface area contributed by atoms with Gasteiger partial charge in [-0.3, -0.25) is 4.98 Å². The van der Waals surface area contributed by atoms with E-state index in [1.165, 1.54) is 0 Å². The number of methoxy groups -OCH3 is 1. The van der Waals surface area contributed by atoms with E-state index < -0.39 is 5.60 Å². The largest absolute Gasteiger partial charge is 0.494 e. The second-order valence-corrected chi connectivity index (χ2v) is 8.82. The van der Waals surface area contributed by atoms with Crippen molar-refractivity contribution >= 4 is 34.4 Å². The normalized spacial score (nSPS) is 14.5. The van der Waals surface area contributed by atoms with Crippen molar-refractivity contribution in [3.8, 4) is 17.1 Å². The number of piperazine rings is 1. The Morgan fingerprint density at radius 3 is 2.53 bits per heavy atom. The molecule has 10 heteroatoms. The van der Waals surface area contributed by atoms with Crippen molar-refractivity contribution in [2.75, 3.05) is 38.2 Å². The molecule has 1 fully saturated rings. The number of nitrogens with zero attached hydrogens (tertiary/aromatic N) is 6. The molecule has 3 aromatic rings. The number of halogens is 1. The molecule has 0 aliphatic carbocycles. The maximum Gasteiger partial charge on any atom is 0.410 e. The summed E-state index contributed by atoms with van der Waals surface area (Å²) in [6, 6.07) is 3.53. The Kier molecular flexibility index (Phi) is 6.01. The Labute approximate surface area is 191 Å². The van der Waals surface area contributed by atoms with Crippen LogP contribution in [0.5, 0.6) is 5.75 Å². The lowest BCUT2D eigenvalue weighted by Gasteiger charge is -2.36. The summed E-state index contributed by atoms with van der Waals surface area (Å²) >= 11 is 6.08. The molecule has 0 bridgehead atoms. The monoisotopic (exact) mass is 456 g/mol. The zero-order valence-corrected chi connectivity index (χ0v) is 19.3. The maximum atomic E-state index is 12.5. The number of hydrogen-bond donors (Lipinski definition) is 0. The van der Waals surface area contributed by atoms with Crippen molar-refractivity contribution < 1.29 is 14.3 Å². The number of ether oxygens (including phenoxy) is 2. The third-order valence-corrected chi connectivity index (χ3v) is 5.20. The van der Waals surface area contributed by atoms with Gasteiger partial charge in [-0.05, 0) is 32.9 Å². The number of amides is 1. The minimum absolute atomic E-state index is 0.307. The lowest BCUT2D eigenvalue weighted by Crippen LogP contribution is -2.50. The van der Waals surface area contributed by atoms with Gasteiger partial charge in [0.1, 0.15) is 22.3 Å². The molecule has 0 radical (unpaired) electrons. The number of rotatable bonds is 3. The molecule has 0 saturated carbocycles. The van der Waals surface area contributed by atoms with E-state index in [1.54, 1.807) is 36.7 Å². The van der Waals surface area contributed by atoms with Crippen molar-refractivity contribution in [3.63, 3.8) is 0 Å². The molecule has 4 heterocycles. The number of carbonyl (C=O) groups excluding carboxylic acids is 1. The molecule has 9 nitrogen and oxygen atoms in total. The highest BCUT2D eigenvalue weighted by molar-refractivity contribution is 6.29. The van der Waals surface area contributed by atoms with Gasteiger partial charge in [0, 0.05) is 37.9 Å². The van der Waals surface area contributed by atoms with E-state index in [9.17, 15) is 4.79 Å². The summed E-state index contributed by atoms with van der Waals surface area (Å²) in [5.41, 5.74) is 0.883. The van der Waals surface area contributed by atoms with Gasteiger partial charge in [-0.15, -0.1) is 0 Å². The van der Waals surface area contributed by atoms with Gasteiger partial charge < -0.3 is 19.3 Å². The van der Waals surface area contributed by atoms with Crippen LogP contribution in [-0.2, 0) is 4.74 Å². The van der Waals surface area contributed by atoms with Gasteiger partial charge in [-0.1, -0.05) is 11.6 Å². The van der Waals surface area contributed by atoms with Crippen LogP contribution in [0.2, 0.25) is 5.15 Å². The molecule has 168 valence electrons. The Morgan fingerprint density at radius 2 is 1.88 bits per heavy atom. The average Bonchev–Trinajstić information content (AvgIpc) is 2.77. The summed E-state index contributed by atoms with van der Waals surface area (Å²) < 4.78 is 11.1. The van der Waals surface area contributed by atoms with Crippen LogP contribution >= 0.6 is 11.6 Å². The predicted octanol–water partition coefficient (Wildman–Crippen LogP) is 3.81. The SMILES string of the molecule is COc1cncc2nc(-c3ccnc(Cl)c3)nc(N3CCN(C(=O)OC(C)(C)C)CC3)c12. The van der Waals surface area contributed by atoms with Gasteiger partial charge >= 0.3 is 6.09 Å². The van der Waals surface area contributed by atoms with E-state index in [4.69, 9.17) is 26.1 Å². The van der Waals surface area contributed by atoms with Gasteiger partial charge in [0.2, 0.25) is 0 Å². The van der Waals surface area contributed by atoms with Crippen LogP contribution in [0.1, 0.15) is 20.8 Å². The van der Waals surface area contributed by atoms with E-state index in [0.717, 1.165) is 16.8 Å². The molecule has 0 unspecified atom stereocenters. The summed E-state index contributed by atoms with van der Waals surface area (Å²) in [5, 5.41) is 1.14. The van der Waals surface area contributed by atoms with Crippen LogP contribution in [0.3, 0.4) is 0 Å². The first-order valence-electron chi connectivity index (χ1n) is 10.3. The Balaban J connectivity index is 1.69. The molecule has 1 saturated heterocycles. The smallest absolute Gasteiger partial charge is 0.410 e. The van der Waals surface area contributed by atoms with E-state index in [1.807, 2.05) is 26.8 Å². The van der Waals surface area contributed by atoms with Crippen molar-refractivity contribution in [1.82, 2.24) is 24.8 Å². The summed E-state index contributed by atoms with van der Waals surface area (Å²) in [6.07, 6.45) is 4.65. The molecule has 0 aromatic carbocycles. The highest BCUT2D eigenvalue weighted by atomic mass is 35.5. The summed E-state index contributed by atoms with van der Waals surface area (Å²) in [4.78, 5) is 34.1. The molecule has 3 aromatic heterocycles. The molecule has 4 rings (SSSR count). The van der Waals surface area contributed by atoms with Crippen LogP contribution in [0.25, 0.3) is 22.3 Å². The van der Waals surface area contributed by atoms with Crippen molar-refractivity contribution in [2.45, 2.75) is 26.4 Å². The number of carbonyl (C=O) groups is 1. The third kappa shape index (κ3) is 4.67. The first-order valence-corrected chi connectivity index (χ1v) is 10.7. The fraction of sp³-hybridized carbons (Fsp3) is 0.409. The Bertz CT molecular complexity index is 1140. The highest BCUT2D eigenvalue weighted by Crippen LogP contribution is 2.34. The number of pyridine rings is 2. The quantitative estimate of drug-likeness (QED) is 0.549. The number of aromatic nitrogens is 4. The number of fused-ring (bicyclic) bond motifs is 1. The Morgan fingerprint density at radius 1 is 1.12 bits per heavy atom. The van der Waals surface area contributed by atoms with Crippen LogP contribution in [0.15, 0.2) is 30.7 Å². The van der Waals surface area contributed by atoms with Crippen molar-refractivity contribution in [3.05, 3.63) is 35.9 Å². The van der Waals surface area contributed by atoms with Crippen molar-refractivity contribution in [1.29, 1.82) is 0 Å². The lowest BCUT2D eigenvalue weighted by atomic mass is 10.2. The molecular formula is C22H25ClN6O3. The number of hydrogen-bond acceptors (Lipinski definition) is 8. The first-order chi connectivity index (χ1) is 15.2. The fourth-order valence-corrected chi connectivity index (χ4v) is 3.69. The molecule has 1 aliphatic rings. The minimum atomic E-state index is -0.530. The molecule has 0 spiro atoms. The van der Waals surface area contributed by atoms with Crippen molar-refractivity contribution in [2.24, 2.45) is 0 Å². The van der Waals surface area contributed by atoms with E-state index in [2.05, 4.69) is 19.9 Å². The maximum absolute atomic E-state index is 12.5. The second kappa shape index (κ2) is 8.74. The van der Waals surface area contributed by atoms with Gasteiger partial charge in [0.15, 0.2) is 5.82 Å². The standard InChI is InChI=1S/C22H25ClN6O3/c1-22(2,3)32-21(30)29-9-7-28(8-10-29)20-18-15(12-24-13-16(18)31-4)26-19(27-20)14-5-6-25-17(23)11-14/h5-6,11-13H,7-10H2,1-4H3. The zero-order chi connectivity index (χ0) is 22.9. The summed E-state index contributed by atoms with van der Waals surface area (Å²) in [6.45, 7) is 7.80. The van der Waals surface area contributed by atoms with E-state index in [0.29, 0.717) is 48.4 Å². The van der Waals surface area contributed by atoms with Gasteiger partial charge in [-0.2, -0.15) is 0 Å². The molecular weight excluding hydrogens is 432 g/mol. The molecule has 0 atom stereocenters. The highest BCUT2D eigenvalue weighted by Gasteiger charge is 2.28. The van der Waals surface area contributed by atoms with Crippen LogP contribution < -0.4 is 9.64 Å². The molecule has 1 aliphatic heterocycles. The summed E-state index contributed by atoms with van der Waals surface area (Å²) in [5.74, 6) is 1.83. The molecule has 32 heavy (non-hydrogen) atoms. The Hall–Kier alpha value is -3.20. The summed E-state index contributed by atoms with van der Waals surface area (Å²) in [7, 11) is 1.59. The van der Waals surface area contributed by atoms with Crippen LogP contribution in [0, 0.1) is 0 Å². The van der Waals surface area contributed by atoms with Crippen LogP contribution in [-0.4, -0.2) is 69.8 Å². The lowest BCUT2D eigenvalue weighted by molar-refractivity contribution is 0.0240. The predicted molar refractivity (Wildman–Crippen MR) is 122 cm³/mol. The number of anilines is 1. The average molecular weight is 457 g/mol. The second-order valence-electron chi connectivity index (χ2n) is 8.43. The zero-order valence-electron chi connectivity index (χ0n) is 18.5. The van der Waals surface area contributed by atoms with E-state index >= 15 is 0 Å². The van der Waals surface area contributed by atoms with E-state index in [-0.39, 0.29) is 6.09 Å². The van der Waals surface area contributed by atoms with Crippen LogP contribution in [0.4, 0.5) is 10.6 Å². The third-order valence-electron chi connectivity index (χ3n) is 4.99. The fourth-order valence-electron chi connectivity index (χ4n) is 3.52. The first kappa shape index (κ1) is 22.0. The van der Waals surface area contributed by atoms with Gasteiger partial charge in [0.25, 0.3) is 0 Å². The van der Waals surface area contributed by atoms with Gasteiger partial charge in [-0.25, -0.2) is 19.7 Å². The molecule has 0 N–H and O–H groups in total. The molecule has 1 amide bonds. The topological polar surface area (TPSA) is 93.6 Å².